The number of aliphatic carboxylic acids is 2. The lowest BCUT2D eigenvalue weighted by Crippen LogP contribution is -2.36. The monoisotopic (exact) mass is 694 g/mol. The molecule has 0 unspecified atom stereocenters. The number of nitrogens with two attached hydrogens (primary N) is 2. The number of carboxylic acids is 2. The van der Waals surface area contributed by atoms with E-state index < -0.39 is 59.5 Å². The molecule has 16 nitrogen and oxygen atoms in total. The van der Waals surface area contributed by atoms with Gasteiger partial charge in [0.1, 0.15) is 0 Å². The highest BCUT2D eigenvalue weighted by Crippen LogP contribution is 2.31. The molecular formula is C26H24F6N6O10. The number of amides is 4. The molecule has 0 aromatic heterocycles. The molecule has 4 amide bonds. The number of carbonyl (C=O) groups excluding carboxylic acids is 6. The Bertz CT molecular complexity index is 1490. The van der Waals surface area contributed by atoms with Crippen LogP contribution in [-0.4, -0.2) is 95.9 Å². The Morgan fingerprint density at radius 1 is 0.562 bits per heavy atom. The first kappa shape index (κ1) is 40.1. The maximum absolute atomic E-state index is 13.0. The Morgan fingerprint density at radius 2 is 0.854 bits per heavy atom. The highest BCUT2D eigenvalue weighted by atomic mass is 19.4. The van der Waals surface area contributed by atoms with E-state index in [9.17, 15) is 55.1 Å². The van der Waals surface area contributed by atoms with Crippen LogP contribution in [0.1, 0.15) is 31.8 Å². The summed E-state index contributed by atoms with van der Waals surface area (Å²) in [5, 5.41) is 24.0. The molecule has 0 aliphatic heterocycles. The zero-order chi connectivity index (χ0) is 37.0. The van der Waals surface area contributed by atoms with Crippen molar-refractivity contribution in [3.05, 3.63) is 58.7 Å². The first-order valence-electron chi connectivity index (χ1n) is 12.6. The first-order chi connectivity index (χ1) is 22.1. The summed E-state index contributed by atoms with van der Waals surface area (Å²) in [6.07, 6.45) is -10.2. The second-order valence-electron chi connectivity index (χ2n) is 8.84. The highest BCUT2D eigenvalue weighted by Gasteiger charge is 2.39. The summed E-state index contributed by atoms with van der Waals surface area (Å²) in [4.78, 5) is 90.1. The van der Waals surface area contributed by atoms with Crippen LogP contribution in [0.15, 0.2) is 36.4 Å². The molecule has 3 rings (SSSR count). The van der Waals surface area contributed by atoms with Crippen LogP contribution in [0.2, 0.25) is 0 Å². The van der Waals surface area contributed by atoms with Crippen LogP contribution >= 0.6 is 0 Å². The number of nitrogens with one attached hydrogen (secondary N) is 4. The van der Waals surface area contributed by atoms with Gasteiger partial charge < -0.3 is 42.9 Å². The van der Waals surface area contributed by atoms with Gasteiger partial charge in [-0.1, -0.05) is 0 Å². The third-order valence-corrected chi connectivity index (χ3v) is 5.33. The van der Waals surface area contributed by atoms with Crippen LogP contribution in [0.5, 0.6) is 0 Å². The summed E-state index contributed by atoms with van der Waals surface area (Å²) in [5.41, 5.74) is 11.4. The Labute approximate surface area is 263 Å². The lowest BCUT2D eigenvalue weighted by Gasteiger charge is -2.19. The van der Waals surface area contributed by atoms with Crippen LogP contribution in [-0.2, 0) is 28.8 Å². The van der Waals surface area contributed by atoms with Gasteiger partial charge >= 0.3 is 24.3 Å². The quantitative estimate of drug-likeness (QED) is 0.142. The average Bonchev–Trinajstić information content (AvgIpc) is 3.00. The van der Waals surface area contributed by atoms with Crippen molar-refractivity contribution in [2.24, 2.45) is 11.5 Å². The summed E-state index contributed by atoms with van der Waals surface area (Å²) in [5.74, 6) is -8.40. The summed E-state index contributed by atoms with van der Waals surface area (Å²) in [6.45, 7) is -1.10. The van der Waals surface area contributed by atoms with Gasteiger partial charge in [-0.15, -0.1) is 0 Å². The summed E-state index contributed by atoms with van der Waals surface area (Å²) >= 11 is 0. The number of halogens is 6. The van der Waals surface area contributed by atoms with Crippen LogP contribution in [0.3, 0.4) is 0 Å². The van der Waals surface area contributed by atoms with E-state index in [4.69, 9.17) is 31.3 Å². The molecule has 1 aliphatic carbocycles. The van der Waals surface area contributed by atoms with E-state index in [1.54, 1.807) is 0 Å². The van der Waals surface area contributed by atoms with E-state index in [0.717, 1.165) is 0 Å². The number of fused-ring (bicyclic) bond motifs is 2. The van der Waals surface area contributed by atoms with Crippen molar-refractivity contribution < 1.29 is 74.9 Å². The molecule has 0 atom stereocenters. The molecule has 48 heavy (non-hydrogen) atoms. The standard InChI is InChI=1S/C22H22N6O6.2C2HF3O2/c23-7-17(29)25-9-19(31)27-11-1-3-13-15(5-11)22(34)14-4-2-12(6-16(14)21(13)33)28-20(32)10-26-18(30)8-24;2*3-2(4,5)1(6)7/h1-6H,7-10,23-24H2,(H,25,29)(H,26,30)(H,27,31)(H,28,32);2*(H,6,7). The first-order valence-corrected chi connectivity index (χ1v) is 12.6. The Morgan fingerprint density at radius 3 is 1.10 bits per heavy atom. The normalized spacial score (nSPS) is 11.6. The molecule has 1 aliphatic rings. The Kier molecular flexibility index (Phi) is 14.3. The smallest absolute Gasteiger partial charge is 0.475 e. The molecule has 22 heteroatoms. The van der Waals surface area contributed by atoms with Gasteiger partial charge in [0.15, 0.2) is 11.6 Å². The van der Waals surface area contributed by atoms with Crippen molar-refractivity contribution >= 4 is 58.5 Å². The van der Waals surface area contributed by atoms with Crippen LogP contribution in [0.25, 0.3) is 0 Å². The molecule has 0 spiro atoms. The minimum atomic E-state index is -5.08. The van der Waals surface area contributed by atoms with Gasteiger partial charge in [-0.25, -0.2) is 9.59 Å². The van der Waals surface area contributed by atoms with Crippen LogP contribution in [0, 0.1) is 0 Å². The number of ketones is 2. The van der Waals surface area contributed by atoms with Crippen molar-refractivity contribution in [2.45, 2.75) is 12.4 Å². The van der Waals surface area contributed by atoms with E-state index in [1.165, 1.54) is 36.4 Å². The van der Waals surface area contributed by atoms with Crippen molar-refractivity contribution in [2.75, 3.05) is 36.8 Å². The largest absolute Gasteiger partial charge is 0.490 e. The fourth-order valence-corrected chi connectivity index (χ4v) is 3.22. The number of carbonyl (C=O) groups is 8. The summed E-state index contributed by atoms with van der Waals surface area (Å²) in [7, 11) is 0. The van der Waals surface area contributed by atoms with E-state index in [0.29, 0.717) is 0 Å². The Hall–Kier alpha value is -5.90. The van der Waals surface area contributed by atoms with Crippen molar-refractivity contribution in [1.82, 2.24) is 10.6 Å². The molecule has 0 saturated carbocycles. The Balaban J connectivity index is 0.000000687. The predicted molar refractivity (Wildman–Crippen MR) is 149 cm³/mol. The molecule has 2 aromatic carbocycles. The number of hydrogen-bond acceptors (Lipinski definition) is 10. The molecule has 0 saturated heterocycles. The van der Waals surface area contributed by atoms with E-state index >= 15 is 0 Å². The second kappa shape index (κ2) is 17.1. The number of rotatable bonds is 8. The van der Waals surface area contributed by atoms with Gasteiger partial charge in [0.25, 0.3) is 0 Å². The number of hydrogen-bond donors (Lipinski definition) is 8. The third-order valence-electron chi connectivity index (χ3n) is 5.33. The minimum Gasteiger partial charge on any atom is -0.475 e. The van der Waals surface area contributed by atoms with Gasteiger partial charge in [-0.3, -0.25) is 28.8 Å². The van der Waals surface area contributed by atoms with Crippen molar-refractivity contribution in [1.29, 1.82) is 0 Å². The lowest BCUT2D eigenvalue weighted by molar-refractivity contribution is -0.193. The zero-order valence-corrected chi connectivity index (χ0v) is 23.9. The number of alkyl halides is 6. The van der Waals surface area contributed by atoms with Crippen LogP contribution in [0.4, 0.5) is 37.7 Å². The molecule has 0 fully saturated rings. The van der Waals surface area contributed by atoms with E-state index in [2.05, 4.69) is 21.3 Å². The fraction of sp³-hybridized carbons (Fsp3) is 0.231. The predicted octanol–water partition coefficient (Wildman–Crippen LogP) is -0.245. The molecule has 0 radical (unpaired) electrons. The maximum atomic E-state index is 13.0. The number of benzene rings is 2. The summed E-state index contributed by atoms with van der Waals surface area (Å²) in [6, 6.07) is 8.53. The van der Waals surface area contributed by atoms with Crippen molar-refractivity contribution in [3.63, 3.8) is 0 Å². The third kappa shape index (κ3) is 12.5. The van der Waals surface area contributed by atoms with E-state index in [-0.39, 0.29) is 59.8 Å². The van der Waals surface area contributed by atoms with Gasteiger partial charge in [0, 0.05) is 33.6 Å². The maximum Gasteiger partial charge on any atom is 0.490 e. The van der Waals surface area contributed by atoms with Gasteiger partial charge in [-0.2, -0.15) is 26.3 Å². The topological polar surface area (TPSA) is 277 Å². The molecular weight excluding hydrogens is 670 g/mol. The van der Waals surface area contributed by atoms with Crippen molar-refractivity contribution in [3.8, 4) is 0 Å². The summed E-state index contributed by atoms with van der Waals surface area (Å²) < 4.78 is 63.5. The lowest BCUT2D eigenvalue weighted by atomic mass is 9.83. The SMILES string of the molecule is NCC(=O)NCC(=O)Nc1ccc2c(c1)C(=O)c1ccc(NC(=O)CNC(=O)CN)cc1C2=O.O=C(O)C(F)(F)F.O=C(O)C(F)(F)F. The fourth-order valence-electron chi connectivity index (χ4n) is 3.22. The van der Waals surface area contributed by atoms with Gasteiger partial charge in [0.2, 0.25) is 23.6 Å². The molecule has 0 bridgehead atoms. The molecule has 10 N–H and O–H groups in total. The second-order valence-corrected chi connectivity index (χ2v) is 8.84. The molecule has 260 valence electrons. The zero-order valence-electron chi connectivity index (χ0n) is 23.9. The average molecular weight is 694 g/mol. The minimum absolute atomic E-state index is 0.113. The number of carboxylic acid groups (broad SMARTS) is 2. The van der Waals surface area contributed by atoms with E-state index in [1.807, 2.05) is 0 Å². The highest BCUT2D eigenvalue weighted by molar-refractivity contribution is 6.29. The van der Waals surface area contributed by atoms with Crippen LogP contribution < -0.4 is 32.7 Å². The number of anilines is 2. The van der Waals surface area contributed by atoms with Gasteiger partial charge in [0.05, 0.1) is 26.2 Å². The molecule has 2 aromatic rings. The molecule has 0 heterocycles. The van der Waals surface area contributed by atoms with Gasteiger partial charge in [-0.05, 0) is 36.4 Å².